The molecule has 0 nitrogen and oxygen atoms in total. The molecule has 0 heteroatoms. The molecule has 6 rings (SSSR count). The van der Waals surface area contributed by atoms with Crippen LogP contribution in [0.2, 0.25) is 0 Å². The molecule has 0 saturated heterocycles. The highest BCUT2D eigenvalue weighted by atomic mass is 14.4. The van der Waals surface area contributed by atoms with Gasteiger partial charge in [-0.3, -0.25) is 0 Å². The minimum absolute atomic E-state index is 0.241. The van der Waals surface area contributed by atoms with Gasteiger partial charge in [-0.05, 0) is 87.8 Å². The second-order valence-electron chi connectivity index (χ2n) is 11.6. The molecule has 1 atom stereocenters. The molecule has 0 amide bonds. The maximum absolute atomic E-state index is 4.66. The van der Waals surface area contributed by atoms with E-state index in [4.69, 9.17) is 0 Å². The van der Waals surface area contributed by atoms with E-state index in [2.05, 4.69) is 107 Å². The van der Waals surface area contributed by atoms with Gasteiger partial charge in [0, 0.05) is 5.92 Å². The third-order valence-corrected chi connectivity index (χ3v) is 8.23. The largest absolute Gasteiger partial charge is 0.0955 e. The fraction of sp³-hybridized carbons (Fsp3) is 0.257. The first-order chi connectivity index (χ1) is 16.8. The second kappa shape index (κ2) is 8.09. The van der Waals surface area contributed by atoms with E-state index in [1.54, 1.807) is 5.57 Å². The Balaban J connectivity index is 1.40. The first-order valence-corrected chi connectivity index (χ1v) is 12.9. The average Bonchev–Trinajstić information content (AvgIpc) is 3.32. The van der Waals surface area contributed by atoms with E-state index in [-0.39, 0.29) is 5.41 Å². The predicted molar refractivity (Wildman–Crippen MR) is 152 cm³/mol. The minimum atomic E-state index is 0.241. The average molecular weight is 455 g/mol. The van der Waals surface area contributed by atoms with Crippen molar-refractivity contribution in [3.63, 3.8) is 0 Å². The molecule has 0 aliphatic heterocycles. The number of benzene rings is 3. The Bertz CT molecular complexity index is 1480. The Morgan fingerprint density at radius 3 is 2.46 bits per heavy atom. The normalized spacial score (nSPS) is 20.9. The van der Waals surface area contributed by atoms with Crippen molar-refractivity contribution in [2.45, 2.75) is 46.5 Å². The number of rotatable bonds is 3. The van der Waals surface area contributed by atoms with Gasteiger partial charge >= 0.3 is 0 Å². The van der Waals surface area contributed by atoms with Gasteiger partial charge in [-0.25, -0.2) is 0 Å². The summed E-state index contributed by atoms with van der Waals surface area (Å²) in [5.74, 6) is 0.422. The summed E-state index contributed by atoms with van der Waals surface area (Å²) in [7, 11) is 0. The summed E-state index contributed by atoms with van der Waals surface area (Å²) in [4.78, 5) is 0. The van der Waals surface area contributed by atoms with Gasteiger partial charge in [0.15, 0.2) is 0 Å². The van der Waals surface area contributed by atoms with Crippen molar-refractivity contribution in [3.05, 3.63) is 125 Å². The highest BCUT2D eigenvalue weighted by Crippen LogP contribution is 2.54. The zero-order chi connectivity index (χ0) is 24.3. The van der Waals surface area contributed by atoms with Crippen molar-refractivity contribution >= 4 is 27.5 Å². The first-order valence-electron chi connectivity index (χ1n) is 12.9. The Kier molecular flexibility index (Phi) is 5.11. The Hall–Kier alpha value is -3.38. The molecule has 1 unspecified atom stereocenters. The zero-order valence-electron chi connectivity index (χ0n) is 21.2. The predicted octanol–water partition coefficient (Wildman–Crippen LogP) is 9.59. The molecule has 174 valence electrons. The van der Waals surface area contributed by atoms with Crippen LogP contribution in [0.25, 0.3) is 27.5 Å². The van der Waals surface area contributed by atoms with Crippen LogP contribution in [0.3, 0.4) is 0 Å². The SMILES string of the molecule is C=C1CC(C)(C)CC2=C1C(C1=CC=C(c3ccc(C(=C)C)cc3)C1)Cc1ccc3ccccc3c12. The maximum Gasteiger partial charge on any atom is 0.0101 e. The Labute approximate surface area is 210 Å². The van der Waals surface area contributed by atoms with Crippen molar-refractivity contribution in [3.8, 4) is 0 Å². The first kappa shape index (κ1) is 22.1. The molecule has 0 radical (unpaired) electrons. The summed E-state index contributed by atoms with van der Waals surface area (Å²) in [6.45, 7) is 15.6. The van der Waals surface area contributed by atoms with E-state index in [9.17, 15) is 0 Å². The van der Waals surface area contributed by atoms with Crippen LogP contribution >= 0.6 is 0 Å². The molecule has 0 heterocycles. The molecule has 0 aromatic heterocycles. The van der Waals surface area contributed by atoms with Crippen molar-refractivity contribution in [2.75, 3.05) is 0 Å². The fourth-order valence-electron chi connectivity index (χ4n) is 6.64. The molecule has 3 aliphatic rings. The maximum atomic E-state index is 4.66. The number of hydrogen-bond donors (Lipinski definition) is 0. The van der Waals surface area contributed by atoms with E-state index in [1.807, 2.05) is 0 Å². The zero-order valence-corrected chi connectivity index (χ0v) is 21.2. The van der Waals surface area contributed by atoms with E-state index in [0.29, 0.717) is 5.92 Å². The summed E-state index contributed by atoms with van der Waals surface area (Å²) < 4.78 is 0. The van der Waals surface area contributed by atoms with Crippen LogP contribution < -0.4 is 0 Å². The summed E-state index contributed by atoms with van der Waals surface area (Å²) in [6, 6.07) is 22.5. The lowest BCUT2D eigenvalue weighted by Gasteiger charge is -2.42. The van der Waals surface area contributed by atoms with Gasteiger partial charge in [-0.1, -0.05) is 117 Å². The van der Waals surface area contributed by atoms with E-state index in [0.717, 1.165) is 31.3 Å². The molecule has 0 bridgehead atoms. The molecule has 35 heavy (non-hydrogen) atoms. The van der Waals surface area contributed by atoms with Gasteiger partial charge in [0.25, 0.3) is 0 Å². The van der Waals surface area contributed by atoms with Crippen molar-refractivity contribution in [2.24, 2.45) is 11.3 Å². The van der Waals surface area contributed by atoms with Gasteiger partial charge in [0.05, 0.1) is 0 Å². The molecule has 0 spiro atoms. The highest BCUT2D eigenvalue weighted by molar-refractivity contribution is 5.98. The molecular formula is C35H34. The van der Waals surface area contributed by atoms with Gasteiger partial charge < -0.3 is 0 Å². The number of allylic oxidation sites excluding steroid dienone is 8. The van der Waals surface area contributed by atoms with Gasteiger partial charge in [-0.2, -0.15) is 0 Å². The van der Waals surface area contributed by atoms with E-state index < -0.39 is 0 Å². The lowest BCUT2D eigenvalue weighted by Crippen LogP contribution is -2.28. The lowest BCUT2D eigenvalue weighted by atomic mass is 9.62. The number of fused-ring (bicyclic) bond motifs is 4. The van der Waals surface area contributed by atoms with Crippen molar-refractivity contribution < 1.29 is 0 Å². The fourth-order valence-corrected chi connectivity index (χ4v) is 6.64. The summed E-state index contributed by atoms with van der Waals surface area (Å²) in [5, 5.41) is 2.74. The Morgan fingerprint density at radius 1 is 0.914 bits per heavy atom. The molecule has 0 saturated carbocycles. The molecule has 3 aromatic carbocycles. The monoisotopic (exact) mass is 454 g/mol. The van der Waals surface area contributed by atoms with E-state index >= 15 is 0 Å². The number of hydrogen-bond acceptors (Lipinski definition) is 0. The van der Waals surface area contributed by atoms with Crippen molar-refractivity contribution in [1.82, 2.24) is 0 Å². The standard InChI is InChI=1S/C35H34/c1-22(2)24-10-12-25(13-11-24)27-15-16-28(18-27)31-19-29-17-14-26-8-6-7-9-30(26)34(29)32-21-35(4,5)20-23(3)33(31)32/h6-17,31H,1,3,18-21H2,2,4-5H3. The smallest absolute Gasteiger partial charge is 0.0101 e. The van der Waals surface area contributed by atoms with Gasteiger partial charge in [-0.15, -0.1) is 0 Å². The molecule has 0 N–H and O–H groups in total. The van der Waals surface area contributed by atoms with Crippen LogP contribution in [-0.2, 0) is 6.42 Å². The minimum Gasteiger partial charge on any atom is -0.0955 e. The summed E-state index contributed by atoms with van der Waals surface area (Å²) >= 11 is 0. The molecule has 0 fully saturated rings. The molecule has 3 aromatic rings. The topological polar surface area (TPSA) is 0 Å². The molecular weight excluding hydrogens is 420 g/mol. The molecule has 3 aliphatic carbocycles. The summed E-state index contributed by atoms with van der Waals surface area (Å²) in [6.07, 6.45) is 9.04. The second-order valence-corrected chi connectivity index (χ2v) is 11.6. The highest BCUT2D eigenvalue weighted by Gasteiger charge is 2.39. The van der Waals surface area contributed by atoms with Crippen LogP contribution in [0.5, 0.6) is 0 Å². The van der Waals surface area contributed by atoms with Gasteiger partial charge in [0.2, 0.25) is 0 Å². The summed E-state index contributed by atoms with van der Waals surface area (Å²) in [5.41, 5.74) is 14.3. The van der Waals surface area contributed by atoms with Crippen LogP contribution in [0.4, 0.5) is 0 Å². The van der Waals surface area contributed by atoms with Crippen LogP contribution in [0.15, 0.2) is 103 Å². The lowest BCUT2D eigenvalue weighted by molar-refractivity contribution is 0.360. The van der Waals surface area contributed by atoms with Crippen molar-refractivity contribution in [1.29, 1.82) is 0 Å². The third kappa shape index (κ3) is 3.76. The third-order valence-electron chi connectivity index (χ3n) is 8.23. The van der Waals surface area contributed by atoms with Crippen LogP contribution in [0, 0.1) is 11.3 Å². The van der Waals surface area contributed by atoms with Crippen LogP contribution in [0.1, 0.15) is 62.3 Å². The quantitative estimate of drug-likeness (QED) is 0.369. The van der Waals surface area contributed by atoms with E-state index in [1.165, 1.54) is 55.3 Å². The van der Waals surface area contributed by atoms with Gasteiger partial charge in [0.1, 0.15) is 0 Å². The van der Waals surface area contributed by atoms with Crippen LogP contribution in [-0.4, -0.2) is 0 Å². The Morgan fingerprint density at radius 2 is 1.69 bits per heavy atom.